The van der Waals surface area contributed by atoms with Gasteiger partial charge in [-0.3, -0.25) is 0 Å². The molecule has 22 heavy (non-hydrogen) atoms. The van der Waals surface area contributed by atoms with E-state index < -0.39 is 5.97 Å². The van der Waals surface area contributed by atoms with E-state index in [0.29, 0.717) is 5.69 Å². The molecular weight excluding hydrogens is 276 g/mol. The van der Waals surface area contributed by atoms with Gasteiger partial charge in [-0.1, -0.05) is 35.9 Å². The predicted octanol–water partition coefficient (Wildman–Crippen LogP) is 3.85. The summed E-state index contributed by atoms with van der Waals surface area (Å²) >= 11 is 0. The van der Waals surface area contributed by atoms with Gasteiger partial charge in [0.2, 0.25) is 0 Å². The second-order valence-corrected chi connectivity index (χ2v) is 5.29. The van der Waals surface area contributed by atoms with E-state index in [9.17, 15) is 9.90 Å². The second kappa shape index (κ2) is 5.48. The predicted molar refractivity (Wildman–Crippen MR) is 85.4 cm³/mol. The van der Waals surface area contributed by atoms with E-state index in [1.165, 1.54) is 4.68 Å². The van der Waals surface area contributed by atoms with Gasteiger partial charge in [-0.05, 0) is 43.7 Å². The van der Waals surface area contributed by atoms with Crippen molar-refractivity contribution in [1.29, 1.82) is 0 Å². The van der Waals surface area contributed by atoms with E-state index in [4.69, 9.17) is 0 Å². The molecule has 4 nitrogen and oxygen atoms in total. The van der Waals surface area contributed by atoms with Gasteiger partial charge < -0.3 is 5.11 Å². The van der Waals surface area contributed by atoms with Gasteiger partial charge in [-0.15, -0.1) is 0 Å². The molecule has 0 atom stereocenters. The highest BCUT2D eigenvalue weighted by molar-refractivity contribution is 5.88. The van der Waals surface area contributed by atoms with Crippen molar-refractivity contribution in [2.24, 2.45) is 0 Å². The molecular formula is C18H16N2O2. The third-order valence-corrected chi connectivity index (χ3v) is 3.60. The molecule has 0 unspecified atom stereocenters. The Morgan fingerprint density at radius 2 is 1.77 bits per heavy atom. The normalized spacial score (nSPS) is 10.6. The van der Waals surface area contributed by atoms with Gasteiger partial charge in [0.1, 0.15) is 0 Å². The van der Waals surface area contributed by atoms with Crippen LogP contribution in [0.1, 0.15) is 21.6 Å². The van der Waals surface area contributed by atoms with Crippen molar-refractivity contribution in [3.05, 3.63) is 71.4 Å². The summed E-state index contributed by atoms with van der Waals surface area (Å²) in [5.41, 5.74) is 4.70. The fourth-order valence-electron chi connectivity index (χ4n) is 2.44. The molecule has 3 rings (SSSR count). The lowest BCUT2D eigenvalue weighted by atomic mass is 10.0. The molecule has 1 N–H and O–H groups in total. The van der Waals surface area contributed by atoms with Crippen LogP contribution in [0.25, 0.3) is 16.9 Å². The monoisotopic (exact) mass is 292 g/mol. The Balaban J connectivity index is 2.19. The lowest BCUT2D eigenvalue weighted by Gasteiger charge is -2.05. The van der Waals surface area contributed by atoms with Crippen molar-refractivity contribution in [3.63, 3.8) is 0 Å². The number of carboxylic acid groups (broad SMARTS) is 1. The summed E-state index contributed by atoms with van der Waals surface area (Å²) in [5.74, 6) is -0.993. The van der Waals surface area contributed by atoms with Crippen LogP contribution in [0.2, 0.25) is 0 Å². The van der Waals surface area contributed by atoms with E-state index in [2.05, 4.69) is 5.10 Å². The minimum Gasteiger partial charge on any atom is -0.477 e. The molecule has 0 fully saturated rings. The molecule has 0 aliphatic heterocycles. The van der Waals surface area contributed by atoms with Crippen LogP contribution in [0.5, 0.6) is 0 Å². The number of hydrogen-bond donors (Lipinski definition) is 1. The number of benzene rings is 2. The van der Waals surface area contributed by atoms with Crippen LogP contribution >= 0.6 is 0 Å². The van der Waals surface area contributed by atoms with Crippen LogP contribution in [0, 0.1) is 13.8 Å². The molecule has 0 saturated heterocycles. The van der Waals surface area contributed by atoms with Gasteiger partial charge in [-0.2, -0.15) is 5.10 Å². The third-order valence-electron chi connectivity index (χ3n) is 3.60. The first-order valence-corrected chi connectivity index (χ1v) is 7.02. The third kappa shape index (κ3) is 2.51. The standard InChI is InChI=1S/C18H16N2O2/c1-12-8-9-13(2)15(10-12)16-11-17(18(21)22)20(19-16)14-6-4-3-5-7-14/h3-11H,1-2H3,(H,21,22). The fraction of sp³-hybridized carbons (Fsp3) is 0.111. The summed E-state index contributed by atoms with van der Waals surface area (Å²) < 4.78 is 1.47. The zero-order valence-electron chi connectivity index (χ0n) is 12.4. The minimum atomic E-state index is -0.993. The maximum absolute atomic E-state index is 11.5. The highest BCUT2D eigenvalue weighted by Crippen LogP contribution is 2.25. The zero-order valence-corrected chi connectivity index (χ0v) is 12.4. The molecule has 0 aliphatic carbocycles. The first kappa shape index (κ1) is 14.1. The number of aromatic nitrogens is 2. The molecule has 0 saturated carbocycles. The summed E-state index contributed by atoms with van der Waals surface area (Å²) in [6, 6.07) is 17.0. The number of carboxylic acids is 1. The molecule has 110 valence electrons. The van der Waals surface area contributed by atoms with E-state index in [0.717, 1.165) is 22.4 Å². The molecule has 1 heterocycles. The summed E-state index contributed by atoms with van der Waals surface area (Å²) in [4.78, 5) is 11.5. The Bertz CT molecular complexity index is 836. The lowest BCUT2D eigenvalue weighted by molar-refractivity contribution is 0.0687. The van der Waals surface area contributed by atoms with Gasteiger partial charge in [0.25, 0.3) is 0 Å². The average Bonchev–Trinajstić information content (AvgIpc) is 2.96. The van der Waals surface area contributed by atoms with Gasteiger partial charge in [-0.25, -0.2) is 9.48 Å². The van der Waals surface area contributed by atoms with Gasteiger partial charge in [0.05, 0.1) is 11.4 Å². The summed E-state index contributed by atoms with van der Waals surface area (Å²) in [7, 11) is 0. The number of para-hydroxylation sites is 1. The lowest BCUT2D eigenvalue weighted by Crippen LogP contribution is -2.07. The number of aromatic carboxylic acids is 1. The fourth-order valence-corrected chi connectivity index (χ4v) is 2.44. The summed E-state index contributed by atoms with van der Waals surface area (Å²) in [6.07, 6.45) is 0. The Kier molecular flexibility index (Phi) is 3.51. The first-order chi connectivity index (χ1) is 10.6. The maximum Gasteiger partial charge on any atom is 0.354 e. The molecule has 3 aromatic rings. The SMILES string of the molecule is Cc1ccc(C)c(-c2cc(C(=O)O)n(-c3ccccc3)n2)c1. The van der Waals surface area contributed by atoms with E-state index in [1.807, 2.05) is 62.4 Å². The van der Waals surface area contributed by atoms with Gasteiger partial charge in [0, 0.05) is 5.56 Å². The Morgan fingerprint density at radius 1 is 1.05 bits per heavy atom. The molecule has 2 aromatic carbocycles. The first-order valence-electron chi connectivity index (χ1n) is 7.02. The molecule has 0 amide bonds. The van der Waals surface area contributed by atoms with E-state index in [-0.39, 0.29) is 5.69 Å². The number of rotatable bonds is 3. The molecule has 0 spiro atoms. The van der Waals surface area contributed by atoms with Crippen molar-refractivity contribution in [2.75, 3.05) is 0 Å². The summed E-state index contributed by atoms with van der Waals surface area (Å²) in [5, 5.41) is 14.0. The topological polar surface area (TPSA) is 55.1 Å². The van der Waals surface area contributed by atoms with Crippen molar-refractivity contribution >= 4 is 5.97 Å². The number of aryl methyl sites for hydroxylation is 2. The maximum atomic E-state index is 11.5. The minimum absolute atomic E-state index is 0.155. The van der Waals surface area contributed by atoms with Crippen LogP contribution in [0.4, 0.5) is 0 Å². The Labute approximate surface area is 128 Å². The number of hydrogen-bond acceptors (Lipinski definition) is 2. The van der Waals surface area contributed by atoms with Crippen LogP contribution < -0.4 is 0 Å². The van der Waals surface area contributed by atoms with Gasteiger partial charge in [0.15, 0.2) is 5.69 Å². The second-order valence-electron chi connectivity index (χ2n) is 5.29. The summed E-state index contributed by atoms with van der Waals surface area (Å²) in [6.45, 7) is 4.01. The molecule has 0 bridgehead atoms. The van der Waals surface area contributed by atoms with Crippen LogP contribution in [0.3, 0.4) is 0 Å². The van der Waals surface area contributed by atoms with Crippen LogP contribution in [-0.4, -0.2) is 20.9 Å². The van der Waals surface area contributed by atoms with Crippen molar-refractivity contribution < 1.29 is 9.90 Å². The molecule has 4 heteroatoms. The largest absolute Gasteiger partial charge is 0.477 e. The van der Waals surface area contributed by atoms with Crippen LogP contribution in [0.15, 0.2) is 54.6 Å². The highest BCUT2D eigenvalue weighted by atomic mass is 16.4. The molecule has 0 radical (unpaired) electrons. The van der Waals surface area contributed by atoms with Crippen LogP contribution in [-0.2, 0) is 0 Å². The molecule has 0 aliphatic rings. The van der Waals surface area contributed by atoms with E-state index in [1.54, 1.807) is 6.07 Å². The quantitative estimate of drug-likeness (QED) is 0.797. The smallest absolute Gasteiger partial charge is 0.354 e. The Hall–Kier alpha value is -2.88. The van der Waals surface area contributed by atoms with Gasteiger partial charge >= 0.3 is 5.97 Å². The average molecular weight is 292 g/mol. The number of nitrogens with zero attached hydrogens (tertiary/aromatic N) is 2. The number of carbonyl (C=O) groups is 1. The van der Waals surface area contributed by atoms with Crippen molar-refractivity contribution in [3.8, 4) is 16.9 Å². The Morgan fingerprint density at radius 3 is 2.45 bits per heavy atom. The van der Waals surface area contributed by atoms with Crippen molar-refractivity contribution in [1.82, 2.24) is 9.78 Å². The van der Waals surface area contributed by atoms with Crippen molar-refractivity contribution in [2.45, 2.75) is 13.8 Å². The molecule has 1 aromatic heterocycles. The zero-order chi connectivity index (χ0) is 15.7. The van der Waals surface area contributed by atoms with E-state index >= 15 is 0 Å². The highest BCUT2D eigenvalue weighted by Gasteiger charge is 2.17.